The Morgan fingerprint density at radius 3 is 2.08 bits per heavy atom. The minimum Gasteiger partial charge on any atom is -0.609 e. The van der Waals surface area contributed by atoms with Crippen molar-refractivity contribution in [3.05, 3.63) is 27.7 Å². The summed E-state index contributed by atoms with van der Waals surface area (Å²) in [4.78, 5) is 0. The summed E-state index contributed by atoms with van der Waals surface area (Å²) in [6.45, 7) is 0. The maximum absolute atomic E-state index is 12.8. The van der Waals surface area contributed by atoms with Crippen molar-refractivity contribution in [2.24, 2.45) is 10.8 Å². The van der Waals surface area contributed by atoms with E-state index in [2.05, 4.69) is 5.10 Å². The van der Waals surface area contributed by atoms with Gasteiger partial charge in [0.05, 0.1) is 32.5 Å². The molecule has 3 unspecified atom stereocenters. The second kappa shape index (κ2) is 6.97. The van der Waals surface area contributed by atoms with Crippen molar-refractivity contribution < 1.29 is 30.9 Å². The molecule has 0 aliphatic carbocycles. The van der Waals surface area contributed by atoms with Crippen molar-refractivity contribution in [2.45, 2.75) is 23.1 Å². The highest BCUT2D eigenvalue weighted by molar-refractivity contribution is 7.93. The maximum Gasteiger partial charge on any atom is 0.573 e. The highest BCUT2D eigenvalue weighted by Crippen LogP contribution is 2.43. The Balaban J connectivity index is 2.51. The summed E-state index contributed by atoms with van der Waals surface area (Å²) in [7, 11) is 0. The molecule has 1 aromatic rings. The molecule has 3 atom stereocenters. The number of nitrogens with two attached hydrogens (primary N) is 1. The molecule has 1 aliphatic heterocycles. The number of nitriles is 1. The van der Waals surface area contributed by atoms with Crippen molar-refractivity contribution in [1.82, 2.24) is 0 Å². The third-order valence-corrected chi connectivity index (χ3v) is 5.22. The summed E-state index contributed by atoms with van der Waals surface area (Å²) in [5.41, 5.74) is -2.05. The average molecular weight is 439 g/mol. The summed E-state index contributed by atoms with van der Waals surface area (Å²) < 4.78 is 88.1. The lowest BCUT2D eigenvalue weighted by atomic mass is 10.2. The fourth-order valence-electron chi connectivity index (χ4n) is 2.13. The molecule has 0 saturated carbocycles. The first-order valence-electron chi connectivity index (χ1n) is 6.36. The van der Waals surface area contributed by atoms with E-state index in [1.54, 1.807) is 0 Å². The Morgan fingerprint density at radius 2 is 1.69 bits per heavy atom. The molecular formula is C12H6Cl2F6N4OS. The maximum atomic E-state index is 12.8. The van der Waals surface area contributed by atoms with Crippen LogP contribution in [0, 0.1) is 11.3 Å². The minimum absolute atomic E-state index is 0.441. The van der Waals surface area contributed by atoms with Gasteiger partial charge < -0.3 is 10.3 Å². The minimum atomic E-state index is -5.19. The lowest BCUT2D eigenvalue weighted by Gasteiger charge is -2.27. The molecule has 0 saturated heterocycles. The van der Waals surface area contributed by atoms with Crippen LogP contribution in [0.2, 0.25) is 10.0 Å². The number of halogens is 8. The molecule has 0 fully saturated rings. The molecule has 14 heteroatoms. The molecule has 0 spiro atoms. The van der Waals surface area contributed by atoms with Crippen LogP contribution in [0.25, 0.3) is 0 Å². The third kappa shape index (κ3) is 3.81. The van der Waals surface area contributed by atoms with E-state index in [4.69, 9.17) is 34.2 Å². The number of alkyl halides is 6. The van der Waals surface area contributed by atoms with Crippen LogP contribution in [-0.2, 0) is 17.4 Å². The van der Waals surface area contributed by atoms with E-state index < -0.39 is 61.3 Å². The number of hydrazone groups is 1. The quantitative estimate of drug-likeness (QED) is 0.563. The number of hydrogen-bond donors (Lipinski definition) is 1. The first-order chi connectivity index (χ1) is 11.8. The first-order valence-corrected chi connectivity index (χ1v) is 8.33. The van der Waals surface area contributed by atoms with Gasteiger partial charge in [-0.05, 0) is 12.1 Å². The van der Waals surface area contributed by atoms with Crippen molar-refractivity contribution >= 4 is 45.8 Å². The van der Waals surface area contributed by atoms with Crippen molar-refractivity contribution in [3.8, 4) is 6.07 Å². The molecule has 1 aliphatic rings. The monoisotopic (exact) mass is 438 g/mol. The number of benzene rings is 1. The fraction of sp³-hybridized carbons (Fsp3) is 0.333. The zero-order valence-electron chi connectivity index (χ0n) is 12.1. The van der Waals surface area contributed by atoms with Gasteiger partial charge in [0.15, 0.2) is 11.9 Å². The predicted molar refractivity (Wildman–Crippen MR) is 83.0 cm³/mol. The van der Waals surface area contributed by atoms with E-state index in [9.17, 15) is 30.9 Å². The van der Waals surface area contributed by atoms with Gasteiger partial charge in [-0.3, -0.25) is 0 Å². The Bertz CT molecular complexity index is 770. The number of nitrogens with zero attached hydrogens (tertiary/aromatic N) is 3. The van der Waals surface area contributed by atoms with Crippen LogP contribution in [0.4, 0.5) is 32.0 Å². The van der Waals surface area contributed by atoms with Gasteiger partial charge in [0.1, 0.15) is 6.07 Å². The highest BCUT2D eigenvalue weighted by atomic mass is 35.5. The van der Waals surface area contributed by atoms with Gasteiger partial charge in [-0.2, -0.15) is 23.5 Å². The Labute approximate surface area is 155 Å². The van der Waals surface area contributed by atoms with Gasteiger partial charge in [0.25, 0.3) is 0 Å². The molecule has 0 radical (unpaired) electrons. The normalized spacial score (nSPS) is 22.2. The molecule has 1 aromatic carbocycles. The molecule has 2 N–H and O–H groups in total. The lowest BCUT2D eigenvalue weighted by molar-refractivity contribution is -0.137. The second-order valence-corrected chi connectivity index (χ2v) is 7.26. The molecule has 142 valence electrons. The SMILES string of the molecule is N#CC1=NN(c2c(Cl)cc(C(F)(F)F)cc2Cl)C(N)C1[S+]([O-])C(F)(F)F. The molecule has 0 amide bonds. The van der Waals surface area contributed by atoms with E-state index in [1.807, 2.05) is 0 Å². The van der Waals surface area contributed by atoms with Crippen molar-refractivity contribution in [1.29, 1.82) is 5.26 Å². The highest BCUT2D eigenvalue weighted by Gasteiger charge is 2.57. The van der Waals surface area contributed by atoms with Crippen LogP contribution in [0.15, 0.2) is 17.2 Å². The zero-order valence-corrected chi connectivity index (χ0v) is 14.4. The summed E-state index contributed by atoms with van der Waals surface area (Å²) in [5, 5.41) is 9.72. The number of hydrogen-bond acceptors (Lipinski definition) is 5. The Hall–Kier alpha value is -1.39. The molecule has 0 bridgehead atoms. The zero-order chi connectivity index (χ0) is 20.0. The molecule has 1 heterocycles. The standard InChI is InChI=1S/C12H6Cl2F6N4OS/c13-5-1-4(11(15,16)17)2-6(14)8(5)24-10(22)9(7(3-21)23-24)26(25)12(18,19)20/h1-2,9-10H,22H2. The van der Waals surface area contributed by atoms with Gasteiger partial charge >= 0.3 is 11.7 Å². The van der Waals surface area contributed by atoms with Gasteiger partial charge in [0.2, 0.25) is 5.25 Å². The molecule has 0 aromatic heterocycles. The summed E-state index contributed by atoms with van der Waals surface area (Å²) >= 11 is 7.94. The third-order valence-electron chi connectivity index (χ3n) is 3.22. The van der Waals surface area contributed by atoms with Crippen LogP contribution in [-0.4, -0.2) is 27.2 Å². The summed E-state index contributed by atoms with van der Waals surface area (Å²) in [6.07, 6.45) is -6.57. The van der Waals surface area contributed by atoms with E-state index in [0.717, 1.165) is 0 Å². The number of rotatable bonds is 2. The lowest BCUT2D eigenvalue weighted by Crippen LogP contribution is -2.52. The predicted octanol–water partition coefficient (Wildman–Crippen LogP) is 3.63. The van der Waals surface area contributed by atoms with Gasteiger partial charge in [-0.15, -0.1) is 13.2 Å². The molecular weight excluding hydrogens is 433 g/mol. The Morgan fingerprint density at radius 1 is 1.19 bits per heavy atom. The first kappa shape index (κ1) is 20.9. The van der Waals surface area contributed by atoms with Gasteiger partial charge in [-0.1, -0.05) is 23.2 Å². The van der Waals surface area contributed by atoms with E-state index in [1.165, 1.54) is 6.07 Å². The largest absolute Gasteiger partial charge is 0.609 e. The topological polar surface area (TPSA) is 88.5 Å². The van der Waals surface area contributed by atoms with Crippen LogP contribution in [0.3, 0.4) is 0 Å². The Kier molecular flexibility index (Phi) is 5.61. The van der Waals surface area contributed by atoms with Gasteiger partial charge in [-0.25, -0.2) is 5.01 Å². The van der Waals surface area contributed by atoms with Crippen molar-refractivity contribution in [3.63, 3.8) is 0 Å². The molecule has 5 nitrogen and oxygen atoms in total. The van der Waals surface area contributed by atoms with E-state index in [-0.39, 0.29) is 0 Å². The van der Waals surface area contributed by atoms with Crippen molar-refractivity contribution in [2.75, 3.05) is 5.01 Å². The van der Waals surface area contributed by atoms with Crippen LogP contribution >= 0.6 is 23.2 Å². The van der Waals surface area contributed by atoms with Crippen LogP contribution < -0.4 is 10.7 Å². The van der Waals surface area contributed by atoms with E-state index in [0.29, 0.717) is 17.1 Å². The average Bonchev–Trinajstić information content (AvgIpc) is 2.80. The van der Waals surface area contributed by atoms with E-state index >= 15 is 0 Å². The molecule has 2 rings (SSSR count). The van der Waals surface area contributed by atoms with Gasteiger partial charge in [0, 0.05) is 0 Å². The summed E-state index contributed by atoms with van der Waals surface area (Å²) in [5.74, 6) is 0. The second-order valence-electron chi connectivity index (χ2n) is 4.88. The smallest absolute Gasteiger partial charge is 0.573 e. The molecule has 26 heavy (non-hydrogen) atoms. The van der Waals surface area contributed by atoms with Crippen LogP contribution in [0.5, 0.6) is 0 Å². The summed E-state index contributed by atoms with van der Waals surface area (Å²) in [6, 6.07) is 2.30. The number of anilines is 1. The van der Waals surface area contributed by atoms with Crippen LogP contribution in [0.1, 0.15) is 5.56 Å². The fourth-order valence-corrected chi connectivity index (χ4v) is 3.75.